The van der Waals surface area contributed by atoms with Crippen molar-refractivity contribution in [2.24, 2.45) is 0 Å². The number of halogens is 1. The number of allylic oxidation sites excluding steroid dienone is 1. The number of hydrogen-bond donors (Lipinski definition) is 0. The molecular formula is C8H11FN2O. The SMILES string of the molecule is CO[C@@H]1[C@@H](F)CC(C#N)=CN1C. The molecule has 0 unspecified atom stereocenters. The second-order valence-corrected chi connectivity index (χ2v) is 2.78. The Morgan fingerprint density at radius 3 is 2.92 bits per heavy atom. The van der Waals surface area contributed by atoms with E-state index >= 15 is 0 Å². The predicted molar refractivity (Wildman–Crippen MR) is 41.8 cm³/mol. The van der Waals surface area contributed by atoms with Crippen molar-refractivity contribution in [3.63, 3.8) is 0 Å². The minimum absolute atomic E-state index is 0.152. The molecule has 3 nitrogen and oxygen atoms in total. The highest BCUT2D eigenvalue weighted by Crippen LogP contribution is 2.22. The zero-order valence-electron chi connectivity index (χ0n) is 7.12. The molecule has 0 radical (unpaired) electrons. The van der Waals surface area contributed by atoms with E-state index in [4.69, 9.17) is 10.00 Å². The number of nitriles is 1. The highest BCUT2D eigenvalue weighted by atomic mass is 19.1. The Morgan fingerprint density at radius 2 is 2.50 bits per heavy atom. The summed E-state index contributed by atoms with van der Waals surface area (Å²) in [5.74, 6) is 0. The van der Waals surface area contributed by atoms with Crippen LogP contribution in [-0.4, -0.2) is 31.5 Å². The van der Waals surface area contributed by atoms with E-state index in [1.165, 1.54) is 7.11 Å². The highest BCUT2D eigenvalue weighted by Gasteiger charge is 2.28. The maximum Gasteiger partial charge on any atom is 0.161 e. The van der Waals surface area contributed by atoms with E-state index in [2.05, 4.69) is 0 Å². The van der Waals surface area contributed by atoms with Gasteiger partial charge in [-0.2, -0.15) is 5.26 Å². The van der Waals surface area contributed by atoms with Crippen LogP contribution in [0.5, 0.6) is 0 Å². The molecule has 0 saturated carbocycles. The number of nitrogens with zero attached hydrogens (tertiary/aromatic N) is 2. The summed E-state index contributed by atoms with van der Waals surface area (Å²) >= 11 is 0. The van der Waals surface area contributed by atoms with E-state index in [1.807, 2.05) is 6.07 Å². The molecule has 0 aliphatic carbocycles. The molecule has 2 atom stereocenters. The van der Waals surface area contributed by atoms with Gasteiger partial charge in [0.2, 0.25) is 0 Å². The lowest BCUT2D eigenvalue weighted by Crippen LogP contribution is -2.40. The molecule has 1 aliphatic heterocycles. The Morgan fingerprint density at radius 1 is 1.83 bits per heavy atom. The van der Waals surface area contributed by atoms with Crippen molar-refractivity contribution >= 4 is 0 Å². The fourth-order valence-corrected chi connectivity index (χ4v) is 1.33. The van der Waals surface area contributed by atoms with Gasteiger partial charge in [-0.3, -0.25) is 0 Å². The summed E-state index contributed by atoms with van der Waals surface area (Å²) in [6, 6.07) is 1.93. The van der Waals surface area contributed by atoms with E-state index < -0.39 is 12.4 Å². The zero-order valence-corrected chi connectivity index (χ0v) is 7.12. The third-order valence-corrected chi connectivity index (χ3v) is 1.87. The van der Waals surface area contributed by atoms with E-state index in [1.54, 1.807) is 18.1 Å². The molecule has 66 valence electrons. The standard InChI is InChI=1S/C8H11FN2O/c1-11-5-6(4-10)3-7(9)8(11)12-2/h5,7-8H,3H2,1-2H3/t7-,8+/m0/s1. The summed E-state index contributed by atoms with van der Waals surface area (Å²) in [6.07, 6.45) is 0.102. The lowest BCUT2D eigenvalue weighted by atomic mass is 10.1. The highest BCUT2D eigenvalue weighted by molar-refractivity contribution is 5.23. The van der Waals surface area contributed by atoms with Crippen molar-refractivity contribution in [3.8, 4) is 6.07 Å². The topological polar surface area (TPSA) is 36.3 Å². The molecule has 0 aromatic heterocycles. The van der Waals surface area contributed by atoms with Gasteiger partial charge in [0.1, 0.15) is 6.17 Å². The van der Waals surface area contributed by atoms with Gasteiger partial charge in [-0.25, -0.2) is 4.39 Å². The molecule has 0 bridgehead atoms. The maximum atomic E-state index is 13.2. The second kappa shape index (κ2) is 3.55. The second-order valence-electron chi connectivity index (χ2n) is 2.78. The molecule has 12 heavy (non-hydrogen) atoms. The average Bonchev–Trinajstić information content (AvgIpc) is 2.03. The molecule has 1 heterocycles. The van der Waals surface area contributed by atoms with Gasteiger partial charge in [0.25, 0.3) is 0 Å². The van der Waals surface area contributed by atoms with Crippen LogP contribution in [0, 0.1) is 11.3 Å². The Bertz CT molecular complexity index is 234. The summed E-state index contributed by atoms with van der Waals surface area (Å²) in [4.78, 5) is 1.58. The largest absolute Gasteiger partial charge is 0.359 e. The van der Waals surface area contributed by atoms with Gasteiger partial charge in [-0.1, -0.05) is 0 Å². The Hall–Kier alpha value is -1.08. The first-order valence-corrected chi connectivity index (χ1v) is 3.68. The number of alkyl halides is 1. The number of ether oxygens (including phenoxy) is 1. The van der Waals surface area contributed by atoms with E-state index in [0.29, 0.717) is 5.57 Å². The van der Waals surface area contributed by atoms with Gasteiger partial charge in [0.05, 0.1) is 6.07 Å². The molecule has 0 aromatic rings. The van der Waals surface area contributed by atoms with Crippen LogP contribution in [0.15, 0.2) is 11.8 Å². The summed E-state index contributed by atoms with van der Waals surface area (Å²) in [6.45, 7) is 0. The fourth-order valence-electron chi connectivity index (χ4n) is 1.33. The summed E-state index contributed by atoms with van der Waals surface area (Å²) < 4.78 is 18.1. The number of methoxy groups -OCH3 is 1. The van der Waals surface area contributed by atoms with Crippen LogP contribution < -0.4 is 0 Å². The minimum Gasteiger partial charge on any atom is -0.359 e. The zero-order chi connectivity index (χ0) is 9.14. The molecule has 4 heteroatoms. The summed E-state index contributed by atoms with van der Waals surface area (Å²) in [7, 11) is 3.15. The van der Waals surface area contributed by atoms with Gasteiger partial charge < -0.3 is 9.64 Å². The molecule has 1 rings (SSSR count). The van der Waals surface area contributed by atoms with Crippen molar-refractivity contribution < 1.29 is 9.13 Å². The fraction of sp³-hybridized carbons (Fsp3) is 0.625. The first kappa shape index (κ1) is 9.01. The predicted octanol–water partition coefficient (Wildman–Crippen LogP) is 1.04. The van der Waals surface area contributed by atoms with Crippen LogP contribution >= 0.6 is 0 Å². The van der Waals surface area contributed by atoms with Gasteiger partial charge in [-0.05, 0) is 0 Å². The Balaban J connectivity index is 2.77. The van der Waals surface area contributed by atoms with E-state index in [0.717, 1.165) is 0 Å². The first-order chi connectivity index (χ1) is 5.69. The molecule has 0 aromatic carbocycles. The maximum absolute atomic E-state index is 13.2. The number of hydrogen-bond acceptors (Lipinski definition) is 3. The van der Waals surface area contributed by atoms with Gasteiger partial charge in [0.15, 0.2) is 6.23 Å². The van der Waals surface area contributed by atoms with E-state index in [-0.39, 0.29) is 6.42 Å². The third kappa shape index (κ3) is 1.56. The minimum atomic E-state index is -1.11. The lowest BCUT2D eigenvalue weighted by molar-refractivity contribution is -0.0542. The average molecular weight is 170 g/mol. The van der Waals surface area contributed by atoms with Gasteiger partial charge >= 0.3 is 0 Å². The first-order valence-electron chi connectivity index (χ1n) is 3.68. The molecule has 0 amide bonds. The third-order valence-electron chi connectivity index (χ3n) is 1.87. The molecule has 1 aliphatic rings. The quantitative estimate of drug-likeness (QED) is 0.590. The van der Waals surface area contributed by atoms with Crippen molar-refractivity contribution in [2.45, 2.75) is 18.8 Å². The Kier molecular flexibility index (Phi) is 2.66. The van der Waals surface area contributed by atoms with Crippen LogP contribution in [0.2, 0.25) is 0 Å². The smallest absolute Gasteiger partial charge is 0.161 e. The summed E-state index contributed by atoms with van der Waals surface area (Å²) in [5.41, 5.74) is 0.457. The van der Waals surface area contributed by atoms with Crippen molar-refractivity contribution in [1.82, 2.24) is 4.90 Å². The van der Waals surface area contributed by atoms with Gasteiger partial charge in [0, 0.05) is 32.4 Å². The normalized spacial score (nSPS) is 29.5. The van der Waals surface area contributed by atoms with Crippen LogP contribution in [0.3, 0.4) is 0 Å². The Labute approximate surface area is 71.0 Å². The summed E-state index contributed by atoms with van der Waals surface area (Å²) in [5, 5.41) is 8.53. The van der Waals surface area contributed by atoms with Crippen molar-refractivity contribution in [2.75, 3.05) is 14.2 Å². The monoisotopic (exact) mass is 170 g/mol. The van der Waals surface area contributed by atoms with Crippen LogP contribution in [0.1, 0.15) is 6.42 Å². The lowest BCUT2D eigenvalue weighted by Gasteiger charge is -2.32. The van der Waals surface area contributed by atoms with Crippen LogP contribution in [0.4, 0.5) is 4.39 Å². The number of rotatable bonds is 1. The molecular weight excluding hydrogens is 159 g/mol. The van der Waals surface area contributed by atoms with Crippen LogP contribution in [-0.2, 0) is 4.74 Å². The van der Waals surface area contributed by atoms with Crippen molar-refractivity contribution in [1.29, 1.82) is 5.26 Å². The van der Waals surface area contributed by atoms with Crippen LogP contribution in [0.25, 0.3) is 0 Å². The molecule has 0 saturated heterocycles. The molecule has 0 fully saturated rings. The van der Waals surface area contributed by atoms with Crippen molar-refractivity contribution in [3.05, 3.63) is 11.8 Å². The van der Waals surface area contributed by atoms with Gasteiger partial charge in [-0.15, -0.1) is 0 Å². The van der Waals surface area contributed by atoms with E-state index in [9.17, 15) is 4.39 Å². The molecule has 0 N–H and O–H groups in total. The molecule has 0 spiro atoms.